The van der Waals surface area contributed by atoms with Crippen LogP contribution in [-0.2, 0) is 5.41 Å². The lowest BCUT2D eigenvalue weighted by molar-refractivity contribution is 0.620. The molecule has 0 bridgehead atoms. The van der Waals surface area contributed by atoms with E-state index in [2.05, 4.69) is 92.7 Å². The van der Waals surface area contributed by atoms with E-state index in [1.807, 2.05) is 30.5 Å². The first-order chi connectivity index (χ1) is 18.6. The fourth-order valence-corrected chi connectivity index (χ4v) is 6.35. The highest BCUT2D eigenvalue weighted by molar-refractivity contribution is 6.16. The average molecular weight is 489 g/mol. The molecule has 0 fully saturated rings. The van der Waals surface area contributed by atoms with E-state index in [0.717, 1.165) is 27.7 Å². The first kappa shape index (κ1) is 21.3. The molecule has 5 aromatic carbocycles. The summed E-state index contributed by atoms with van der Waals surface area (Å²) in [6.07, 6.45) is 1.90. The molecule has 38 heavy (non-hydrogen) atoms. The monoisotopic (exact) mass is 488 g/mol. The average Bonchev–Trinajstić information content (AvgIpc) is 3.50. The number of benzene rings is 5. The summed E-state index contributed by atoms with van der Waals surface area (Å²) in [4.78, 5) is 9.53. The maximum absolute atomic E-state index is 6.06. The second-order valence-corrected chi connectivity index (χ2v) is 10.6. The smallest absolute Gasteiger partial charge is 0.227 e. The molecule has 2 aromatic heterocycles. The first-order valence-electron chi connectivity index (χ1n) is 13.0. The van der Waals surface area contributed by atoms with Crippen LogP contribution in [-0.4, -0.2) is 9.97 Å². The molecule has 1 aliphatic carbocycles. The maximum atomic E-state index is 6.06. The molecule has 0 saturated heterocycles. The minimum absolute atomic E-state index is 0.163. The fourth-order valence-electron chi connectivity index (χ4n) is 6.35. The molecule has 180 valence electrons. The van der Waals surface area contributed by atoms with Gasteiger partial charge < -0.3 is 4.42 Å². The molecule has 0 amide bonds. The van der Waals surface area contributed by atoms with E-state index in [1.54, 1.807) is 0 Å². The van der Waals surface area contributed by atoms with Crippen molar-refractivity contribution < 1.29 is 4.42 Å². The zero-order valence-electron chi connectivity index (χ0n) is 21.2. The van der Waals surface area contributed by atoms with Crippen LogP contribution in [0, 0.1) is 0 Å². The van der Waals surface area contributed by atoms with Gasteiger partial charge in [-0.25, -0.2) is 4.98 Å². The number of para-hydroxylation sites is 2. The third kappa shape index (κ3) is 2.90. The van der Waals surface area contributed by atoms with Crippen molar-refractivity contribution in [3.05, 3.63) is 120 Å². The van der Waals surface area contributed by atoms with E-state index in [-0.39, 0.29) is 5.41 Å². The number of nitrogens with zero attached hydrogens (tertiary/aromatic N) is 2. The van der Waals surface area contributed by atoms with E-state index < -0.39 is 0 Å². The highest BCUT2D eigenvalue weighted by Gasteiger charge is 2.38. The molecule has 3 nitrogen and oxygen atoms in total. The summed E-state index contributed by atoms with van der Waals surface area (Å²) in [6.45, 7) is 4.69. The van der Waals surface area contributed by atoms with E-state index in [0.29, 0.717) is 5.89 Å². The van der Waals surface area contributed by atoms with E-state index in [4.69, 9.17) is 14.4 Å². The van der Waals surface area contributed by atoms with Crippen molar-refractivity contribution in [3.8, 4) is 33.7 Å². The van der Waals surface area contributed by atoms with Crippen LogP contribution in [0.4, 0.5) is 0 Å². The molecule has 0 unspecified atom stereocenters. The Morgan fingerprint density at radius 2 is 1.42 bits per heavy atom. The Labute approximate surface area is 220 Å². The second kappa shape index (κ2) is 7.62. The largest absolute Gasteiger partial charge is 0.436 e. The summed E-state index contributed by atoms with van der Waals surface area (Å²) >= 11 is 0. The molecule has 8 rings (SSSR count). The van der Waals surface area contributed by atoms with Crippen molar-refractivity contribution in [1.82, 2.24) is 9.97 Å². The van der Waals surface area contributed by atoms with Crippen LogP contribution in [0.25, 0.3) is 66.5 Å². The van der Waals surface area contributed by atoms with Gasteiger partial charge in [-0.15, -0.1) is 0 Å². The summed E-state index contributed by atoms with van der Waals surface area (Å²) in [5, 5.41) is 3.72. The predicted molar refractivity (Wildman–Crippen MR) is 155 cm³/mol. The van der Waals surface area contributed by atoms with E-state index in [9.17, 15) is 0 Å². The standard InChI is InChI=1S/C35H24N2O/c1-35(2)28-20-22(21-9-7-10-23(19-21)34-37-29-14-5-6-15-30(29)38-34)16-17-26(28)31-24-11-3-4-12-25(24)33-27(32(31)35)13-8-18-36-33/h3-20H,1-2H3. The minimum atomic E-state index is -0.163. The van der Waals surface area contributed by atoms with Gasteiger partial charge in [-0.1, -0.05) is 80.6 Å². The number of hydrogen-bond acceptors (Lipinski definition) is 3. The van der Waals surface area contributed by atoms with Crippen molar-refractivity contribution >= 4 is 32.8 Å². The lowest BCUT2D eigenvalue weighted by atomic mass is 9.79. The lowest BCUT2D eigenvalue weighted by Gasteiger charge is -2.24. The number of fused-ring (bicyclic) bond motifs is 9. The quantitative estimate of drug-likeness (QED) is 0.228. The Balaban J connectivity index is 1.32. The Hall–Kier alpha value is -4.76. The molecule has 0 aliphatic heterocycles. The first-order valence-corrected chi connectivity index (χ1v) is 13.0. The van der Waals surface area contributed by atoms with Gasteiger partial charge >= 0.3 is 0 Å². The molecule has 7 aromatic rings. The van der Waals surface area contributed by atoms with Gasteiger partial charge in [0.05, 0.1) is 5.52 Å². The molecule has 0 atom stereocenters. The molecule has 0 saturated carbocycles. The molecule has 3 heteroatoms. The van der Waals surface area contributed by atoms with Gasteiger partial charge in [-0.05, 0) is 75.2 Å². The Kier molecular flexibility index (Phi) is 4.28. The third-order valence-electron chi connectivity index (χ3n) is 8.10. The molecular formula is C35H24N2O. The van der Waals surface area contributed by atoms with E-state index >= 15 is 0 Å². The van der Waals surface area contributed by atoms with Gasteiger partial charge in [0.1, 0.15) is 5.52 Å². The fraction of sp³-hybridized carbons (Fsp3) is 0.0857. The number of aromatic nitrogens is 2. The van der Waals surface area contributed by atoms with Crippen molar-refractivity contribution in [2.75, 3.05) is 0 Å². The van der Waals surface area contributed by atoms with Gasteiger partial charge in [-0.3, -0.25) is 4.98 Å². The molecule has 2 heterocycles. The zero-order chi connectivity index (χ0) is 25.4. The maximum Gasteiger partial charge on any atom is 0.227 e. The molecule has 0 spiro atoms. The summed E-state index contributed by atoms with van der Waals surface area (Å²) in [5.74, 6) is 0.646. The van der Waals surface area contributed by atoms with Crippen LogP contribution < -0.4 is 0 Å². The van der Waals surface area contributed by atoms with Gasteiger partial charge in [-0.2, -0.15) is 0 Å². The van der Waals surface area contributed by atoms with Crippen molar-refractivity contribution in [1.29, 1.82) is 0 Å². The van der Waals surface area contributed by atoms with Crippen molar-refractivity contribution in [3.63, 3.8) is 0 Å². The van der Waals surface area contributed by atoms with Crippen LogP contribution in [0.1, 0.15) is 25.0 Å². The van der Waals surface area contributed by atoms with Crippen LogP contribution in [0.3, 0.4) is 0 Å². The highest BCUT2D eigenvalue weighted by atomic mass is 16.3. The topological polar surface area (TPSA) is 38.9 Å². The Bertz CT molecular complexity index is 2030. The predicted octanol–water partition coefficient (Wildman–Crippen LogP) is 9.17. The Morgan fingerprint density at radius 3 is 2.32 bits per heavy atom. The summed E-state index contributed by atoms with van der Waals surface area (Å²) < 4.78 is 6.06. The van der Waals surface area contributed by atoms with Crippen molar-refractivity contribution in [2.45, 2.75) is 19.3 Å². The second-order valence-electron chi connectivity index (χ2n) is 10.6. The highest BCUT2D eigenvalue weighted by Crippen LogP contribution is 2.54. The summed E-state index contributed by atoms with van der Waals surface area (Å²) in [6, 6.07) is 36.3. The van der Waals surface area contributed by atoms with Gasteiger partial charge in [0.15, 0.2) is 5.58 Å². The van der Waals surface area contributed by atoms with Crippen LogP contribution >= 0.6 is 0 Å². The number of hydrogen-bond donors (Lipinski definition) is 0. The lowest BCUT2D eigenvalue weighted by Crippen LogP contribution is -2.16. The van der Waals surface area contributed by atoms with Crippen LogP contribution in [0.15, 0.2) is 114 Å². The molecule has 0 N–H and O–H groups in total. The Morgan fingerprint density at radius 1 is 0.658 bits per heavy atom. The third-order valence-corrected chi connectivity index (χ3v) is 8.10. The minimum Gasteiger partial charge on any atom is -0.436 e. The normalized spacial score (nSPS) is 13.7. The molecule has 0 radical (unpaired) electrons. The summed E-state index contributed by atoms with van der Waals surface area (Å²) in [5.41, 5.74) is 11.3. The molecule has 1 aliphatic rings. The number of oxazole rings is 1. The number of rotatable bonds is 2. The van der Waals surface area contributed by atoms with Crippen LogP contribution in [0.5, 0.6) is 0 Å². The number of pyridine rings is 1. The van der Waals surface area contributed by atoms with Gasteiger partial charge in [0, 0.05) is 27.9 Å². The zero-order valence-corrected chi connectivity index (χ0v) is 21.2. The van der Waals surface area contributed by atoms with Gasteiger partial charge in [0.2, 0.25) is 5.89 Å². The SMILES string of the molecule is CC1(C)c2cc(-c3cccc(-c4nc5ccccc5o4)c3)ccc2-c2c1c1cccnc1c1ccccc21. The van der Waals surface area contributed by atoms with E-state index in [1.165, 1.54) is 44.0 Å². The summed E-state index contributed by atoms with van der Waals surface area (Å²) in [7, 11) is 0. The van der Waals surface area contributed by atoms with Gasteiger partial charge in [0.25, 0.3) is 0 Å². The van der Waals surface area contributed by atoms with Crippen molar-refractivity contribution in [2.24, 2.45) is 0 Å². The van der Waals surface area contributed by atoms with Crippen LogP contribution in [0.2, 0.25) is 0 Å². The molecular weight excluding hydrogens is 464 g/mol.